The number of carboxylic acids is 1. The molecule has 0 aromatic heterocycles. The Morgan fingerprint density at radius 2 is 2.08 bits per heavy atom. The van der Waals surface area contributed by atoms with E-state index in [-0.39, 0.29) is 11.8 Å². The maximum atomic E-state index is 13.1. The lowest BCUT2D eigenvalue weighted by atomic mass is 9.88. The van der Waals surface area contributed by atoms with Gasteiger partial charge in [-0.25, -0.2) is 4.79 Å². The van der Waals surface area contributed by atoms with Crippen LogP contribution in [0.2, 0.25) is 0 Å². The van der Waals surface area contributed by atoms with Gasteiger partial charge in [-0.1, -0.05) is 12.2 Å². The zero-order valence-electron chi connectivity index (χ0n) is 6.91. The average molecular weight is 188 g/mol. The quantitative estimate of drug-likeness (QED) is 0.672. The highest BCUT2D eigenvalue weighted by atomic mass is 19.3. The Morgan fingerprint density at radius 3 is 2.46 bits per heavy atom. The second-order valence-electron chi connectivity index (χ2n) is 3.81. The minimum Gasteiger partial charge on any atom is -0.477 e. The number of carbonyl (C=O) groups is 1. The molecule has 72 valence electrons. The third-order valence-electron chi connectivity index (χ3n) is 3.03. The van der Waals surface area contributed by atoms with Gasteiger partial charge in [0.25, 0.3) is 0 Å². The van der Waals surface area contributed by atoms with Crippen LogP contribution in [0.3, 0.4) is 0 Å². The van der Waals surface area contributed by atoms with E-state index < -0.39 is 17.8 Å². The lowest BCUT2D eigenvalue weighted by Gasteiger charge is -2.24. The molecule has 0 aliphatic heterocycles. The summed E-state index contributed by atoms with van der Waals surface area (Å²) in [4.78, 5) is 10.3. The van der Waals surface area contributed by atoms with E-state index in [0.717, 1.165) is 0 Å². The Balaban J connectivity index is 2.19. The second-order valence-corrected chi connectivity index (χ2v) is 3.81. The minimum atomic E-state index is -3.55. The predicted octanol–water partition coefficient (Wildman–Crippen LogP) is 1.92. The van der Waals surface area contributed by atoms with Gasteiger partial charge in [-0.2, -0.15) is 8.78 Å². The molecule has 13 heavy (non-hydrogen) atoms. The van der Waals surface area contributed by atoms with Crippen molar-refractivity contribution in [2.24, 2.45) is 17.8 Å². The van der Waals surface area contributed by atoms with E-state index >= 15 is 0 Å². The molecule has 2 aliphatic carbocycles. The van der Waals surface area contributed by atoms with Crippen LogP contribution in [0.5, 0.6) is 0 Å². The van der Waals surface area contributed by atoms with Crippen molar-refractivity contribution < 1.29 is 18.7 Å². The van der Waals surface area contributed by atoms with E-state index in [1.165, 1.54) is 0 Å². The number of hydrogen-bond donors (Lipinski definition) is 1. The molecule has 1 saturated carbocycles. The number of alkyl halides is 2. The molecule has 2 rings (SSSR count). The number of hydrogen-bond acceptors (Lipinski definition) is 1. The first-order chi connectivity index (χ1) is 6.01. The van der Waals surface area contributed by atoms with E-state index in [2.05, 4.69) is 0 Å². The molecule has 0 aromatic rings. The van der Waals surface area contributed by atoms with Gasteiger partial charge in [-0.3, -0.25) is 0 Å². The number of carboxylic acid groups (broad SMARTS) is 1. The molecule has 0 spiro atoms. The summed E-state index contributed by atoms with van der Waals surface area (Å²) in [7, 11) is 0. The summed E-state index contributed by atoms with van der Waals surface area (Å²) >= 11 is 0. The molecule has 2 aliphatic rings. The second kappa shape index (κ2) is 2.53. The number of allylic oxidation sites excluding steroid dienone is 2. The maximum Gasteiger partial charge on any atom is 0.374 e. The van der Waals surface area contributed by atoms with Crippen molar-refractivity contribution in [1.29, 1.82) is 0 Å². The van der Waals surface area contributed by atoms with E-state index in [1.54, 1.807) is 6.08 Å². The zero-order valence-corrected chi connectivity index (χ0v) is 6.91. The molecule has 1 fully saturated rings. The molecule has 3 atom stereocenters. The summed E-state index contributed by atoms with van der Waals surface area (Å²) < 4.78 is 26.2. The highest BCUT2D eigenvalue weighted by Gasteiger charge is 2.54. The van der Waals surface area contributed by atoms with Gasteiger partial charge in [0.15, 0.2) is 0 Å². The summed E-state index contributed by atoms with van der Waals surface area (Å²) in [5, 5.41) is 8.36. The maximum absolute atomic E-state index is 13.1. The molecule has 0 radical (unpaired) electrons. The van der Waals surface area contributed by atoms with Crippen molar-refractivity contribution in [3.63, 3.8) is 0 Å². The fraction of sp³-hybridized carbons (Fsp3) is 0.667. The van der Waals surface area contributed by atoms with Crippen LogP contribution in [0.4, 0.5) is 8.78 Å². The van der Waals surface area contributed by atoms with E-state index in [0.29, 0.717) is 12.8 Å². The first-order valence-corrected chi connectivity index (χ1v) is 4.31. The lowest BCUT2D eigenvalue weighted by Crippen LogP contribution is -2.39. The van der Waals surface area contributed by atoms with Gasteiger partial charge in [-0.05, 0) is 24.7 Å². The molecule has 3 unspecified atom stereocenters. The summed E-state index contributed by atoms with van der Waals surface area (Å²) in [6, 6.07) is 0. The monoisotopic (exact) mass is 188 g/mol. The highest BCUT2D eigenvalue weighted by molar-refractivity contribution is 5.76. The van der Waals surface area contributed by atoms with Crippen LogP contribution in [-0.4, -0.2) is 17.0 Å². The third-order valence-corrected chi connectivity index (χ3v) is 3.03. The number of fused-ring (bicyclic) bond motifs is 2. The van der Waals surface area contributed by atoms with Crippen molar-refractivity contribution in [3.05, 3.63) is 12.2 Å². The van der Waals surface area contributed by atoms with E-state index in [4.69, 9.17) is 5.11 Å². The van der Waals surface area contributed by atoms with Crippen molar-refractivity contribution in [2.45, 2.75) is 18.8 Å². The van der Waals surface area contributed by atoms with E-state index in [1.807, 2.05) is 6.08 Å². The summed E-state index contributed by atoms with van der Waals surface area (Å²) in [6.07, 6.45) is 4.67. The SMILES string of the molecule is O=C(O)C(F)(F)C1CC2C=CC1C2. The molecular formula is C9H10F2O2. The minimum absolute atomic E-state index is 0.181. The van der Waals surface area contributed by atoms with Gasteiger partial charge >= 0.3 is 11.9 Å². The Labute approximate surface area is 74.2 Å². The average Bonchev–Trinajstić information content (AvgIpc) is 2.63. The zero-order chi connectivity index (χ0) is 9.64. The topological polar surface area (TPSA) is 37.3 Å². The number of halogens is 2. The van der Waals surface area contributed by atoms with Crippen LogP contribution in [0.25, 0.3) is 0 Å². The molecule has 0 heterocycles. The molecule has 0 amide bonds. The fourth-order valence-electron chi connectivity index (χ4n) is 2.36. The molecule has 4 heteroatoms. The van der Waals surface area contributed by atoms with Gasteiger partial charge in [0, 0.05) is 5.92 Å². The molecule has 1 N–H and O–H groups in total. The van der Waals surface area contributed by atoms with Crippen molar-refractivity contribution >= 4 is 5.97 Å². The molecule has 0 saturated heterocycles. The highest BCUT2D eigenvalue weighted by Crippen LogP contribution is 2.49. The van der Waals surface area contributed by atoms with Gasteiger partial charge < -0.3 is 5.11 Å². The first-order valence-electron chi connectivity index (χ1n) is 4.31. The van der Waals surface area contributed by atoms with Gasteiger partial charge in [-0.15, -0.1) is 0 Å². The number of rotatable bonds is 2. The molecule has 2 nitrogen and oxygen atoms in total. The van der Waals surface area contributed by atoms with Crippen molar-refractivity contribution in [2.75, 3.05) is 0 Å². The summed E-state index contributed by atoms with van der Waals surface area (Å²) in [5.41, 5.74) is 0. The largest absolute Gasteiger partial charge is 0.477 e. The molecule has 0 aromatic carbocycles. The van der Waals surface area contributed by atoms with Crippen LogP contribution in [0, 0.1) is 17.8 Å². The van der Waals surface area contributed by atoms with Crippen LogP contribution in [-0.2, 0) is 4.79 Å². The first kappa shape index (κ1) is 8.66. The smallest absolute Gasteiger partial charge is 0.374 e. The van der Waals surface area contributed by atoms with Crippen LogP contribution in [0.15, 0.2) is 12.2 Å². The van der Waals surface area contributed by atoms with Crippen LogP contribution in [0.1, 0.15) is 12.8 Å². The predicted molar refractivity (Wildman–Crippen MR) is 41.4 cm³/mol. The van der Waals surface area contributed by atoms with Crippen molar-refractivity contribution in [3.8, 4) is 0 Å². The van der Waals surface area contributed by atoms with Crippen LogP contribution >= 0.6 is 0 Å². The Bertz CT molecular complexity index is 273. The fourth-order valence-corrected chi connectivity index (χ4v) is 2.36. The number of aliphatic carboxylic acids is 1. The van der Waals surface area contributed by atoms with Gasteiger partial charge in [0.05, 0.1) is 0 Å². The molecule has 2 bridgehead atoms. The standard InChI is InChI=1S/C9H10F2O2/c10-9(11,8(12)13)7-4-5-1-2-6(7)3-5/h1-2,5-7H,3-4H2,(H,12,13). The summed E-state index contributed by atoms with van der Waals surface area (Å²) in [5.74, 6) is -6.57. The van der Waals surface area contributed by atoms with Crippen LogP contribution < -0.4 is 0 Å². The van der Waals surface area contributed by atoms with Crippen molar-refractivity contribution in [1.82, 2.24) is 0 Å². The third kappa shape index (κ3) is 1.16. The molecular weight excluding hydrogens is 178 g/mol. The van der Waals surface area contributed by atoms with Gasteiger partial charge in [0.2, 0.25) is 0 Å². The normalized spacial score (nSPS) is 36.9. The lowest BCUT2D eigenvalue weighted by molar-refractivity contribution is -0.175. The Hall–Kier alpha value is -0.930. The Kier molecular flexibility index (Phi) is 1.68. The van der Waals surface area contributed by atoms with Gasteiger partial charge in [0.1, 0.15) is 0 Å². The summed E-state index contributed by atoms with van der Waals surface area (Å²) in [6.45, 7) is 0. The Morgan fingerprint density at radius 1 is 1.38 bits per heavy atom. The van der Waals surface area contributed by atoms with E-state index in [9.17, 15) is 13.6 Å².